The van der Waals surface area contributed by atoms with Gasteiger partial charge in [0.25, 0.3) is 0 Å². The number of halogens is 6. The molecule has 0 fully saturated rings. The van der Waals surface area contributed by atoms with Gasteiger partial charge in [-0.05, 0) is 30.3 Å². The number of thioether (sulfide) groups is 1. The van der Waals surface area contributed by atoms with Gasteiger partial charge in [-0.1, -0.05) is 11.8 Å². The molecule has 2 N–H and O–H groups in total. The first kappa shape index (κ1) is 21.6. The van der Waals surface area contributed by atoms with Crippen LogP contribution in [-0.4, -0.2) is 31.8 Å². The van der Waals surface area contributed by atoms with Crippen LogP contribution in [-0.2, 0) is 17.1 Å². The first-order valence-corrected chi connectivity index (χ1v) is 9.06. The average molecular weight is 447 g/mol. The van der Waals surface area contributed by atoms with Crippen LogP contribution in [0.2, 0.25) is 0 Å². The third-order valence-corrected chi connectivity index (χ3v) is 4.47. The SMILES string of the molecule is O=C(CSc1n[nH]c(-c2ccncc2)n1)Nc1cc(C(F)(F)F)cc(C(F)(F)F)c1. The van der Waals surface area contributed by atoms with Crippen molar-refractivity contribution in [1.82, 2.24) is 20.2 Å². The zero-order valence-electron chi connectivity index (χ0n) is 14.7. The van der Waals surface area contributed by atoms with E-state index in [1.54, 1.807) is 24.5 Å². The molecule has 2 heterocycles. The van der Waals surface area contributed by atoms with Crippen LogP contribution < -0.4 is 5.32 Å². The molecule has 3 rings (SSSR count). The minimum Gasteiger partial charge on any atom is -0.325 e. The van der Waals surface area contributed by atoms with Crippen molar-refractivity contribution < 1.29 is 31.1 Å². The highest BCUT2D eigenvalue weighted by Crippen LogP contribution is 2.37. The highest BCUT2D eigenvalue weighted by molar-refractivity contribution is 7.99. The minimum absolute atomic E-state index is 0.0152. The largest absolute Gasteiger partial charge is 0.416 e. The molecule has 0 aliphatic heterocycles. The maximum Gasteiger partial charge on any atom is 0.416 e. The molecule has 30 heavy (non-hydrogen) atoms. The quantitative estimate of drug-likeness (QED) is 0.440. The van der Waals surface area contributed by atoms with Crippen LogP contribution >= 0.6 is 11.8 Å². The number of alkyl halides is 6. The number of hydrogen-bond donors (Lipinski definition) is 2. The average Bonchev–Trinajstić information content (AvgIpc) is 3.14. The van der Waals surface area contributed by atoms with E-state index in [2.05, 4.69) is 20.2 Å². The standard InChI is InChI=1S/C17H11F6N5OS/c18-16(19,20)10-5-11(17(21,22)23)7-12(6-10)25-13(29)8-30-15-26-14(27-28-15)9-1-3-24-4-2-9/h1-7H,8H2,(H,25,29)(H,26,27,28). The van der Waals surface area contributed by atoms with E-state index in [4.69, 9.17) is 0 Å². The summed E-state index contributed by atoms with van der Waals surface area (Å²) in [7, 11) is 0. The number of pyridine rings is 1. The Kier molecular flexibility index (Phi) is 6.01. The second kappa shape index (κ2) is 8.34. The molecule has 0 atom stereocenters. The van der Waals surface area contributed by atoms with Gasteiger partial charge in [0.15, 0.2) is 5.82 Å². The molecule has 13 heteroatoms. The third-order valence-electron chi connectivity index (χ3n) is 3.62. The molecule has 6 nitrogen and oxygen atoms in total. The van der Waals surface area contributed by atoms with E-state index in [0.29, 0.717) is 23.5 Å². The fourth-order valence-electron chi connectivity index (χ4n) is 2.30. The van der Waals surface area contributed by atoms with Gasteiger partial charge in [-0.3, -0.25) is 14.9 Å². The highest BCUT2D eigenvalue weighted by Gasteiger charge is 2.37. The fraction of sp³-hybridized carbons (Fsp3) is 0.176. The summed E-state index contributed by atoms with van der Waals surface area (Å²) in [6, 6.07) is 4.21. The van der Waals surface area contributed by atoms with Gasteiger partial charge >= 0.3 is 12.4 Å². The van der Waals surface area contributed by atoms with E-state index in [1.165, 1.54) is 0 Å². The van der Waals surface area contributed by atoms with Crippen molar-refractivity contribution in [3.05, 3.63) is 53.9 Å². The zero-order valence-corrected chi connectivity index (χ0v) is 15.5. The molecule has 0 bridgehead atoms. The molecule has 0 unspecified atom stereocenters. The van der Waals surface area contributed by atoms with Crippen LogP contribution in [0.15, 0.2) is 47.9 Å². The van der Waals surface area contributed by atoms with Gasteiger partial charge in [-0.25, -0.2) is 4.98 Å². The van der Waals surface area contributed by atoms with Gasteiger partial charge in [0.2, 0.25) is 11.1 Å². The van der Waals surface area contributed by atoms with Gasteiger partial charge in [0.05, 0.1) is 16.9 Å². The summed E-state index contributed by atoms with van der Waals surface area (Å²) >= 11 is 0.857. The summed E-state index contributed by atoms with van der Waals surface area (Å²) in [5.41, 5.74) is -2.96. The van der Waals surface area contributed by atoms with E-state index in [0.717, 1.165) is 11.8 Å². The fourth-order valence-corrected chi connectivity index (χ4v) is 2.90. The Balaban J connectivity index is 1.68. The number of rotatable bonds is 5. The number of carbonyl (C=O) groups excluding carboxylic acids is 1. The summed E-state index contributed by atoms with van der Waals surface area (Å²) in [5, 5.41) is 8.77. The normalized spacial score (nSPS) is 12.1. The molecule has 1 aromatic carbocycles. The van der Waals surface area contributed by atoms with Crippen molar-refractivity contribution >= 4 is 23.4 Å². The Morgan fingerprint density at radius 1 is 1.00 bits per heavy atom. The number of carbonyl (C=O) groups is 1. The number of benzene rings is 1. The number of aromatic amines is 1. The van der Waals surface area contributed by atoms with Crippen molar-refractivity contribution in [1.29, 1.82) is 0 Å². The first-order valence-electron chi connectivity index (χ1n) is 8.07. The number of amides is 1. The summed E-state index contributed by atoms with van der Waals surface area (Å²) < 4.78 is 77.3. The molecule has 0 saturated heterocycles. The van der Waals surface area contributed by atoms with Gasteiger partial charge in [-0.15, -0.1) is 5.10 Å². The summed E-state index contributed by atoms with van der Waals surface area (Å²) in [6.07, 6.45) is -6.92. The van der Waals surface area contributed by atoms with Gasteiger partial charge in [-0.2, -0.15) is 26.3 Å². The Hall–Kier alpha value is -3.09. The van der Waals surface area contributed by atoms with Crippen LogP contribution in [0.1, 0.15) is 11.1 Å². The molecule has 2 aromatic heterocycles. The predicted octanol–water partition coefficient (Wildman–Crippen LogP) is 4.64. The Labute approximate surface area is 169 Å². The van der Waals surface area contributed by atoms with Gasteiger partial charge in [0.1, 0.15) is 0 Å². The number of hydrogen-bond acceptors (Lipinski definition) is 5. The van der Waals surface area contributed by atoms with Crippen LogP contribution in [0, 0.1) is 0 Å². The molecule has 158 valence electrons. The lowest BCUT2D eigenvalue weighted by atomic mass is 10.1. The van der Waals surface area contributed by atoms with Crippen molar-refractivity contribution in [2.45, 2.75) is 17.5 Å². The van der Waals surface area contributed by atoms with E-state index < -0.39 is 35.1 Å². The maximum atomic E-state index is 12.9. The third kappa shape index (κ3) is 5.49. The molecular formula is C17H11F6N5OS. The summed E-state index contributed by atoms with van der Waals surface area (Å²) in [6.45, 7) is 0. The molecule has 0 saturated carbocycles. The van der Waals surface area contributed by atoms with E-state index in [9.17, 15) is 31.1 Å². The highest BCUT2D eigenvalue weighted by atomic mass is 32.2. The van der Waals surface area contributed by atoms with Crippen LogP contribution in [0.5, 0.6) is 0 Å². The molecule has 0 radical (unpaired) electrons. The summed E-state index contributed by atoms with van der Waals surface area (Å²) in [4.78, 5) is 20.0. The number of H-pyrrole nitrogens is 1. The second-order valence-electron chi connectivity index (χ2n) is 5.83. The van der Waals surface area contributed by atoms with Crippen molar-refractivity contribution in [2.75, 3.05) is 11.1 Å². The Morgan fingerprint density at radius 2 is 1.60 bits per heavy atom. The number of nitrogens with zero attached hydrogens (tertiary/aromatic N) is 3. The van der Waals surface area contributed by atoms with Crippen molar-refractivity contribution in [3.63, 3.8) is 0 Å². The summed E-state index contributed by atoms with van der Waals surface area (Å²) in [5.74, 6) is -0.735. The molecule has 0 spiro atoms. The van der Waals surface area contributed by atoms with E-state index in [1.807, 2.05) is 5.32 Å². The molecule has 0 aliphatic rings. The second-order valence-corrected chi connectivity index (χ2v) is 6.78. The van der Waals surface area contributed by atoms with E-state index >= 15 is 0 Å². The van der Waals surface area contributed by atoms with Crippen molar-refractivity contribution in [3.8, 4) is 11.4 Å². The lowest BCUT2D eigenvalue weighted by Crippen LogP contribution is -2.17. The molecular weight excluding hydrogens is 436 g/mol. The Bertz CT molecular complexity index is 1000. The topological polar surface area (TPSA) is 83.6 Å². The predicted molar refractivity (Wildman–Crippen MR) is 95.4 cm³/mol. The van der Waals surface area contributed by atoms with Gasteiger partial charge in [0, 0.05) is 23.6 Å². The molecule has 1 amide bonds. The zero-order chi connectivity index (χ0) is 21.9. The maximum absolute atomic E-state index is 12.9. The lowest BCUT2D eigenvalue weighted by molar-refractivity contribution is -0.143. The first-order chi connectivity index (χ1) is 14.0. The van der Waals surface area contributed by atoms with Crippen LogP contribution in [0.3, 0.4) is 0 Å². The monoisotopic (exact) mass is 447 g/mol. The Morgan fingerprint density at radius 3 is 2.17 bits per heavy atom. The number of nitrogens with one attached hydrogen (secondary N) is 2. The molecule has 0 aliphatic carbocycles. The minimum atomic E-state index is -5.00. The lowest BCUT2D eigenvalue weighted by Gasteiger charge is -2.14. The molecule has 3 aromatic rings. The van der Waals surface area contributed by atoms with Gasteiger partial charge < -0.3 is 5.32 Å². The van der Waals surface area contributed by atoms with Crippen LogP contribution in [0.4, 0.5) is 32.0 Å². The number of anilines is 1. The van der Waals surface area contributed by atoms with Crippen molar-refractivity contribution in [2.24, 2.45) is 0 Å². The van der Waals surface area contributed by atoms with E-state index in [-0.39, 0.29) is 17.0 Å². The number of aromatic nitrogens is 4. The smallest absolute Gasteiger partial charge is 0.325 e. The van der Waals surface area contributed by atoms with Crippen LogP contribution in [0.25, 0.3) is 11.4 Å².